The summed E-state index contributed by atoms with van der Waals surface area (Å²) in [5, 5.41) is 30.2. The van der Waals surface area contributed by atoms with Gasteiger partial charge in [0.25, 0.3) is 0 Å². The van der Waals surface area contributed by atoms with Crippen LogP contribution in [-0.2, 0) is 19.2 Å². The van der Waals surface area contributed by atoms with Gasteiger partial charge in [-0.3, -0.25) is 14.4 Å². The van der Waals surface area contributed by atoms with Gasteiger partial charge in [-0.15, -0.1) is 0 Å². The Balaban J connectivity index is 4.72. The van der Waals surface area contributed by atoms with Crippen molar-refractivity contribution in [3.8, 4) is 0 Å². The molecule has 0 radical (unpaired) electrons. The van der Waals surface area contributed by atoms with Crippen LogP contribution in [0, 0.1) is 0 Å². The van der Waals surface area contributed by atoms with Gasteiger partial charge < -0.3 is 31.7 Å². The first kappa shape index (κ1) is 17.8. The number of hydrogen-bond acceptors (Lipinski definition) is 6. The summed E-state index contributed by atoms with van der Waals surface area (Å²) < 4.78 is 0. The van der Waals surface area contributed by atoms with Crippen LogP contribution in [0.2, 0.25) is 0 Å². The second-order valence-corrected chi connectivity index (χ2v) is 3.84. The summed E-state index contributed by atoms with van der Waals surface area (Å²) in [6.45, 7) is -1.24. The van der Waals surface area contributed by atoms with E-state index in [0.29, 0.717) is 0 Å². The minimum atomic E-state index is -1.54. The second kappa shape index (κ2) is 8.82. The number of carbonyl (C=O) groups excluding carboxylic acids is 2. The fraction of sp³-hybridized carbons (Fsp3) is 0.600. The van der Waals surface area contributed by atoms with E-state index < -0.39 is 55.4 Å². The lowest BCUT2D eigenvalue weighted by molar-refractivity contribution is -0.144. The average Bonchev–Trinajstić information content (AvgIpc) is 2.39. The molecule has 20 heavy (non-hydrogen) atoms. The molecule has 10 heteroatoms. The monoisotopic (exact) mass is 291 g/mol. The molecule has 0 saturated heterocycles. The van der Waals surface area contributed by atoms with E-state index in [1.165, 1.54) is 0 Å². The fourth-order valence-electron chi connectivity index (χ4n) is 1.25. The molecule has 114 valence electrons. The van der Waals surface area contributed by atoms with Crippen LogP contribution in [0.3, 0.4) is 0 Å². The summed E-state index contributed by atoms with van der Waals surface area (Å²) in [6, 6.07) is -2.78. The van der Waals surface area contributed by atoms with Crippen molar-refractivity contribution < 1.29 is 34.5 Å². The average molecular weight is 291 g/mol. The third-order valence-corrected chi connectivity index (χ3v) is 2.28. The second-order valence-electron chi connectivity index (χ2n) is 3.84. The number of carboxylic acid groups (broad SMARTS) is 2. The van der Waals surface area contributed by atoms with Gasteiger partial charge in [0, 0.05) is 6.42 Å². The van der Waals surface area contributed by atoms with Gasteiger partial charge in [0.15, 0.2) is 0 Å². The van der Waals surface area contributed by atoms with E-state index in [-0.39, 0.29) is 6.42 Å². The number of rotatable bonds is 9. The zero-order chi connectivity index (χ0) is 15.7. The maximum Gasteiger partial charge on any atom is 0.328 e. The van der Waals surface area contributed by atoms with Gasteiger partial charge in [0.2, 0.25) is 11.8 Å². The van der Waals surface area contributed by atoms with Crippen molar-refractivity contribution in [2.24, 2.45) is 5.73 Å². The van der Waals surface area contributed by atoms with E-state index in [0.717, 1.165) is 0 Å². The largest absolute Gasteiger partial charge is 0.481 e. The molecule has 0 aliphatic heterocycles. The molecule has 0 bridgehead atoms. The minimum absolute atomic E-state index is 0.231. The van der Waals surface area contributed by atoms with E-state index in [2.05, 4.69) is 5.32 Å². The SMILES string of the molecule is NCC(=O)NC(CCC(=O)O)C(=O)NC(CO)C(=O)O. The topological polar surface area (TPSA) is 179 Å². The van der Waals surface area contributed by atoms with Crippen molar-refractivity contribution in [2.45, 2.75) is 24.9 Å². The van der Waals surface area contributed by atoms with E-state index >= 15 is 0 Å². The molecular weight excluding hydrogens is 274 g/mol. The molecule has 0 aliphatic carbocycles. The Labute approximate surface area is 113 Å². The van der Waals surface area contributed by atoms with Gasteiger partial charge in [0.05, 0.1) is 13.2 Å². The standard InChI is InChI=1S/C10H17N3O7/c11-3-7(15)12-5(1-2-8(16)17)9(18)13-6(4-14)10(19)20/h5-6,14H,1-4,11H2,(H,12,15)(H,13,18)(H,16,17)(H,19,20). The Morgan fingerprint density at radius 1 is 1.05 bits per heavy atom. The lowest BCUT2D eigenvalue weighted by atomic mass is 10.1. The quantitative estimate of drug-likeness (QED) is 0.258. The molecule has 0 aliphatic rings. The van der Waals surface area contributed by atoms with E-state index in [9.17, 15) is 19.2 Å². The number of amides is 2. The summed E-state index contributed by atoms with van der Waals surface area (Å²) in [5.41, 5.74) is 5.06. The molecule has 2 unspecified atom stereocenters. The van der Waals surface area contributed by atoms with Crippen LogP contribution < -0.4 is 16.4 Å². The van der Waals surface area contributed by atoms with E-state index in [1.807, 2.05) is 5.32 Å². The van der Waals surface area contributed by atoms with E-state index in [4.69, 9.17) is 21.1 Å². The lowest BCUT2D eigenvalue weighted by Gasteiger charge is -2.19. The molecule has 7 N–H and O–H groups in total. The van der Waals surface area contributed by atoms with Crippen LogP contribution >= 0.6 is 0 Å². The zero-order valence-corrected chi connectivity index (χ0v) is 10.5. The highest BCUT2D eigenvalue weighted by atomic mass is 16.4. The number of nitrogens with two attached hydrogens (primary N) is 1. The van der Waals surface area contributed by atoms with Gasteiger partial charge in [-0.2, -0.15) is 0 Å². The normalized spacial score (nSPS) is 13.1. The summed E-state index contributed by atoms with van der Waals surface area (Å²) in [4.78, 5) is 44.0. The lowest BCUT2D eigenvalue weighted by Crippen LogP contribution is -2.53. The number of nitrogens with one attached hydrogen (secondary N) is 2. The number of aliphatic hydroxyl groups is 1. The van der Waals surface area contributed by atoms with Gasteiger partial charge in [-0.05, 0) is 6.42 Å². The third kappa shape index (κ3) is 6.66. The van der Waals surface area contributed by atoms with Gasteiger partial charge in [-0.25, -0.2) is 4.79 Å². The van der Waals surface area contributed by atoms with Gasteiger partial charge in [0.1, 0.15) is 12.1 Å². The molecule has 0 spiro atoms. The zero-order valence-electron chi connectivity index (χ0n) is 10.5. The minimum Gasteiger partial charge on any atom is -0.481 e. The van der Waals surface area contributed by atoms with Crippen molar-refractivity contribution in [1.29, 1.82) is 0 Å². The number of hydrogen-bond donors (Lipinski definition) is 6. The van der Waals surface area contributed by atoms with Crippen molar-refractivity contribution >= 4 is 23.8 Å². The molecule has 0 saturated carbocycles. The highest BCUT2D eigenvalue weighted by Gasteiger charge is 2.26. The number of aliphatic hydroxyl groups excluding tert-OH is 1. The maximum atomic E-state index is 11.7. The first-order valence-electron chi connectivity index (χ1n) is 5.67. The number of aliphatic carboxylic acids is 2. The van der Waals surface area contributed by atoms with Crippen LogP contribution in [0.4, 0.5) is 0 Å². The highest BCUT2D eigenvalue weighted by molar-refractivity contribution is 5.91. The molecule has 0 aromatic carbocycles. The van der Waals surface area contributed by atoms with E-state index in [1.54, 1.807) is 0 Å². The Morgan fingerprint density at radius 2 is 1.65 bits per heavy atom. The van der Waals surface area contributed by atoms with Crippen LogP contribution in [0.25, 0.3) is 0 Å². The van der Waals surface area contributed by atoms with Crippen molar-refractivity contribution in [3.63, 3.8) is 0 Å². The molecule has 0 heterocycles. The molecule has 0 aromatic rings. The predicted octanol–water partition coefficient (Wildman–Crippen LogP) is -3.14. The smallest absolute Gasteiger partial charge is 0.328 e. The molecule has 10 nitrogen and oxygen atoms in total. The third-order valence-electron chi connectivity index (χ3n) is 2.28. The Morgan fingerprint density at radius 3 is 2.05 bits per heavy atom. The fourth-order valence-corrected chi connectivity index (χ4v) is 1.25. The molecule has 0 fully saturated rings. The van der Waals surface area contributed by atoms with Crippen LogP contribution in [0.5, 0.6) is 0 Å². The number of carboxylic acids is 2. The Kier molecular flexibility index (Phi) is 7.85. The molecular formula is C10H17N3O7. The van der Waals surface area contributed by atoms with Crippen LogP contribution in [0.1, 0.15) is 12.8 Å². The summed E-state index contributed by atoms with van der Waals surface area (Å²) in [7, 11) is 0. The highest BCUT2D eigenvalue weighted by Crippen LogP contribution is 1.99. The van der Waals surface area contributed by atoms with Crippen molar-refractivity contribution in [2.75, 3.05) is 13.2 Å². The Hall–Kier alpha value is -2.20. The molecule has 0 rings (SSSR count). The Bertz CT molecular complexity index is 385. The van der Waals surface area contributed by atoms with Crippen LogP contribution in [-0.4, -0.2) is 64.3 Å². The van der Waals surface area contributed by atoms with Crippen molar-refractivity contribution in [1.82, 2.24) is 10.6 Å². The summed E-state index contributed by atoms with van der Waals surface area (Å²) >= 11 is 0. The first-order valence-corrected chi connectivity index (χ1v) is 5.67. The van der Waals surface area contributed by atoms with Crippen molar-refractivity contribution in [3.05, 3.63) is 0 Å². The molecule has 2 amide bonds. The first-order chi connectivity index (χ1) is 9.31. The van der Waals surface area contributed by atoms with Gasteiger partial charge in [-0.1, -0.05) is 0 Å². The summed E-state index contributed by atoms with van der Waals surface area (Å²) in [5.74, 6) is -4.23. The summed E-state index contributed by atoms with van der Waals surface area (Å²) in [6.07, 6.45) is -0.634. The predicted molar refractivity (Wildman–Crippen MR) is 64.5 cm³/mol. The van der Waals surface area contributed by atoms with Crippen LogP contribution in [0.15, 0.2) is 0 Å². The maximum absolute atomic E-state index is 11.7. The van der Waals surface area contributed by atoms with Gasteiger partial charge >= 0.3 is 11.9 Å². The molecule has 2 atom stereocenters. The molecule has 0 aromatic heterocycles. The number of carbonyl (C=O) groups is 4.